The summed E-state index contributed by atoms with van der Waals surface area (Å²) in [6.07, 6.45) is 5.19. The molecule has 3 rings (SSSR count). The minimum atomic E-state index is 0.168. The van der Waals surface area contributed by atoms with Gasteiger partial charge in [0, 0.05) is 12.6 Å². The van der Waals surface area contributed by atoms with Crippen molar-refractivity contribution in [3.8, 4) is 0 Å². The maximum Gasteiger partial charge on any atom is 0.319 e. The molecule has 76 valence electrons. The lowest BCUT2D eigenvalue weighted by Crippen LogP contribution is -2.29. The second-order valence-corrected chi connectivity index (χ2v) is 4.16. The highest BCUT2D eigenvalue weighted by molar-refractivity contribution is 5.32. The van der Waals surface area contributed by atoms with Crippen LogP contribution in [0, 0.1) is 5.92 Å². The number of nitrogen functional groups attached to an aromatic ring is 1. The van der Waals surface area contributed by atoms with Crippen LogP contribution < -0.4 is 10.6 Å². The van der Waals surface area contributed by atoms with Gasteiger partial charge in [0.2, 0.25) is 0 Å². The van der Waals surface area contributed by atoms with Crippen molar-refractivity contribution in [3.05, 3.63) is 0 Å². The molecule has 2 N–H and O–H groups in total. The van der Waals surface area contributed by atoms with Gasteiger partial charge in [-0.1, -0.05) is 16.6 Å². The summed E-state index contributed by atoms with van der Waals surface area (Å²) in [7, 11) is 0. The predicted octanol–water partition coefficient (Wildman–Crippen LogP) is 1.03. The first-order valence-electron chi connectivity index (χ1n) is 5.20. The zero-order valence-electron chi connectivity index (χ0n) is 8.02. The quantitative estimate of drug-likeness (QED) is 0.723. The van der Waals surface area contributed by atoms with E-state index in [1.807, 2.05) is 0 Å². The zero-order chi connectivity index (χ0) is 9.54. The topological polar surface area (TPSA) is 68.2 Å². The van der Waals surface area contributed by atoms with Gasteiger partial charge in [0.1, 0.15) is 0 Å². The summed E-state index contributed by atoms with van der Waals surface area (Å²) in [4.78, 5) is 2.22. The average Bonchev–Trinajstić information content (AvgIpc) is 2.77. The van der Waals surface area contributed by atoms with Crippen LogP contribution in [0.4, 0.5) is 12.0 Å². The fraction of sp³-hybridized carbons (Fsp3) is 0.778. The van der Waals surface area contributed by atoms with Crippen LogP contribution in [-0.4, -0.2) is 22.8 Å². The lowest BCUT2D eigenvalue weighted by atomic mass is 10.1. The van der Waals surface area contributed by atoms with Crippen molar-refractivity contribution in [2.45, 2.75) is 31.7 Å². The van der Waals surface area contributed by atoms with Crippen molar-refractivity contribution in [2.75, 3.05) is 17.2 Å². The molecule has 1 aliphatic heterocycles. The molecule has 5 nitrogen and oxygen atoms in total. The van der Waals surface area contributed by atoms with Gasteiger partial charge in [-0.05, 0) is 25.2 Å². The third-order valence-corrected chi connectivity index (χ3v) is 3.44. The molecule has 0 spiro atoms. The Labute approximate surface area is 82.3 Å². The molecular weight excluding hydrogens is 180 g/mol. The normalized spacial score (nSPS) is 31.0. The Hall–Kier alpha value is -1.26. The molecular formula is C9H14N4O. The lowest BCUT2D eigenvalue weighted by Gasteiger charge is -2.20. The van der Waals surface area contributed by atoms with Gasteiger partial charge in [0.15, 0.2) is 0 Å². The van der Waals surface area contributed by atoms with Gasteiger partial charge in [0.25, 0.3) is 0 Å². The van der Waals surface area contributed by atoms with E-state index in [2.05, 4.69) is 15.1 Å². The van der Waals surface area contributed by atoms with E-state index in [0.717, 1.165) is 12.5 Å². The number of nitrogens with two attached hydrogens (primary N) is 1. The Morgan fingerprint density at radius 3 is 3.00 bits per heavy atom. The van der Waals surface area contributed by atoms with Crippen LogP contribution >= 0.6 is 0 Å². The second kappa shape index (κ2) is 2.87. The molecule has 2 fully saturated rings. The fourth-order valence-corrected chi connectivity index (χ4v) is 2.82. The molecule has 2 heterocycles. The summed E-state index contributed by atoms with van der Waals surface area (Å²) >= 11 is 0. The van der Waals surface area contributed by atoms with Crippen LogP contribution in [0.15, 0.2) is 4.42 Å². The Morgan fingerprint density at radius 2 is 2.21 bits per heavy atom. The van der Waals surface area contributed by atoms with Crippen molar-refractivity contribution in [1.29, 1.82) is 0 Å². The van der Waals surface area contributed by atoms with E-state index >= 15 is 0 Å². The van der Waals surface area contributed by atoms with Crippen LogP contribution in [0.2, 0.25) is 0 Å². The molecule has 1 aromatic heterocycles. The summed E-state index contributed by atoms with van der Waals surface area (Å²) in [5.74, 6) is 0.836. The summed E-state index contributed by atoms with van der Waals surface area (Å²) in [5.41, 5.74) is 5.42. The highest BCUT2D eigenvalue weighted by atomic mass is 16.4. The van der Waals surface area contributed by atoms with E-state index < -0.39 is 0 Å². The van der Waals surface area contributed by atoms with E-state index in [1.54, 1.807) is 0 Å². The first kappa shape index (κ1) is 8.08. The molecule has 1 aromatic rings. The van der Waals surface area contributed by atoms with Crippen molar-refractivity contribution < 1.29 is 4.42 Å². The third kappa shape index (κ3) is 1.08. The molecule has 1 aliphatic carbocycles. The predicted molar refractivity (Wildman–Crippen MR) is 51.8 cm³/mol. The number of anilines is 2. The van der Waals surface area contributed by atoms with Crippen molar-refractivity contribution >= 4 is 12.0 Å². The monoisotopic (exact) mass is 194 g/mol. The maximum atomic E-state index is 5.42. The van der Waals surface area contributed by atoms with Crippen LogP contribution in [0.3, 0.4) is 0 Å². The van der Waals surface area contributed by atoms with Crippen LogP contribution in [0.5, 0.6) is 0 Å². The van der Waals surface area contributed by atoms with Gasteiger partial charge in [-0.2, -0.15) is 0 Å². The zero-order valence-corrected chi connectivity index (χ0v) is 8.02. The summed E-state index contributed by atoms with van der Waals surface area (Å²) in [6, 6.07) is 1.40. The van der Waals surface area contributed by atoms with Gasteiger partial charge in [-0.15, -0.1) is 0 Å². The summed E-state index contributed by atoms with van der Waals surface area (Å²) in [6.45, 7) is 1.04. The SMILES string of the molecule is Nc1nnc(N2CCC3CCCC32)o1. The molecule has 1 saturated heterocycles. The van der Waals surface area contributed by atoms with Crippen LogP contribution in [0.25, 0.3) is 0 Å². The Kier molecular flexibility index (Phi) is 1.65. The average molecular weight is 194 g/mol. The molecule has 2 aliphatic rings. The standard InChI is InChI=1S/C9H14N4O/c10-8-11-12-9(14-8)13-5-4-6-2-1-3-7(6)13/h6-7H,1-5H2,(H2,10,11). The molecule has 2 unspecified atom stereocenters. The molecule has 0 radical (unpaired) electrons. The van der Waals surface area contributed by atoms with Crippen molar-refractivity contribution in [1.82, 2.24) is 10.2 Å². The van der Waals surface area contributed by atoms with Gasteiger partial charge >= 0.3 is 12.0 Å². The van der Waals surface area contributed by atoms with Crippen molar-refractivity contribution in [3.63, 3.8) is 0 Å². The lowest BCUT2D eigenvalue weighted by molar-refractivity contribution is 0.504. The number of hydrogen-bond donors (Lipinski definition) is 1. The van der Waals surface area contributed by atoms with Crippen molar-refractivity contribution in [2.24, 2.45) is 5.92 Å². The van der Waals surface area contributed by atoms with Gasteiger partial charge in [-0.25, -0.2) is 0 Å². The highest BCUT2D eigenvalue weighted by Gasteiger charge is 2.39. The Balaban J connectivity index is 1.85. The Bertz CT molecular complexity index is 337. The van der Waals surface area contributed by atoms with E-state index in [0.29, 0.717) is 12.1 Å². The first-order chi connectivity index (χ1) is 6.84. The first-order valence-corrected chi connectivity index (χ1v) is 5.20. The third-order valence-electron chi connectivity index (χ3n) is 3.44. The second-order valence-electron chi connectivity index (χ2n) is 4.16. The number of fused-ring (bicyclic) bond motifs is 1. The minimum absolute atomic E-state index is 0.168. The van der Waals surface area contributed by atoms with Gasteiger partial charge in [0.05, 0.1) is 0 Å². The van der Waals surface area contributed by atoms with Gasteiger partial charge < -0.3 is 15.1 Å². The smallest absolute Gasteiger partial charge is 0.319 e. The molecule has 0 bridgehead atoms. The fourth-order valence-electron chi connectivity index (χ4n) is 2.82. The molecule has 1 saturated carbocycles. The number of rotatable bonds is 1. The summed E-state index contributed by atoms with van der Waals surface area (Å²) < 4.78 is 5.26. The summed E-state index contributed by atoms with van der Waals surface area (Å²) in [5, 5.41) is 7.64. The molecule has 2 atom stereocenters. The highest BCUT2D eigenvalue weighted by Crippen LogP contribution is 2.39. The molecule has 5 heteroatoms. The molecule has 0 amide bonds. The number of nitrogens with zero attached hydrogens (tertiary/aromatic N) is 3. The van der Waals surface area contributed by atoms with E-state index in [-0.39, 0.29) is 6.01 Å². The minimum Gasteiger partial charge on any atom is -0.390 e. The maximum absolute atomic E-state index is 5.42. The van der Waals surface area contributed by atoms with Crippen LogP contribution in [-0.2, 0) is 0 Å². The molecule has 14 heavy (non-hydrogen) atoms. The molecule has 0 aromatic carbocycles. The number of hydrogen-bond acceptors (Lipinski definition) is 5. The van der Waals surface area contributed by atoms with E-state index in [9.17, 15) is 0 Å². The van der Waals surface area contributed by atoms with E-state index in [1.165, 1.54) is 25.7 Å². The number of aromatic nitrogens is 2. The van der Waals surface area contributed by atoms with Crippen LogP contribution in [0.1, 0.15) is 25.7 Å². The van der Waals surface area contributed by atoms with E-state index in [4.69, 9.17) is 10.2 Å². The Morgan fingerprint density at radius 1 is 1.29 bits per heavy atom. The largest absolute Gasteiger partial charge is 0.390 e. The van der Waals surface area contributed by atoms with Gasteiger partial charge in [-0.3, -0.25) is 0 Å².